The molecular formula is C14H24N4O2. The van der Waals surface area contributed by atoms with Gasteiger partial charge in [-0.05, 0) is 25.9 Å². The van der Waals surface area contributed by atoms with E-state index in [1.165, 1.54) is 0 Å². The zero-order chi connectivity index (χ0) is 14.5. The van der Waals surface area contributed by atoms with Gasteiger partial charge in [-0.25, -0.2) is 5.43 Å². The standard InChI is InChI=1S/C14H24N4O2/c1-3-17(4-2)11-7-9-18(10-8-11)14(20)12-5-6-13(19)16-15-12/h11H,3-10H2,1-2H3,(H,16,19). The van der Waals surface area contributed by atoms with E-state index in [1.54, 1.807) is 0 Å². The molecule has 0 aromatic heterocycles. The highest BCUT2D eigenvalue weighted by atomic mass is 16.2. The van der Waals surface area contributed by atoms with Crippen LogP contribution in [0, 0.1) is 0 Å². The first-order chi connectivity index (χ1) is 9.65. The van der Waals surface area contributed by atoms with Crippen molar-refractivity contribution >= 4 is 17.5 Å². The Morgan fingerprint density at radius 3 is 2.45 bits per heavy atom. The second kappa shape index (κ2) is 6.83. The Balaban J connectivity index is 1.87. The van der Waals surface area contributed by atoms with Crippen molar-refractivity contribution in [3.63, 3.8) is 0 Å². The number of carbonyl (C=O) groups is 2. The molecular weight excluding hydrogens is 256 g/mol. The first kappa shape index (κ1) is 15.0. The van der Waals surface area contributed by atoms with Crippen molar-refractivity contribution in [2.45, 2.75) is 45.6 Å². The molecule has 2 amide bonds. The van der Waals surface area contributed by atoms with E-state index in [0.29, 0.717) is 24.6 Å². The molecule has 0 saturated carbocycles. The van der Waals surface area contributed by atoms with Gasteiger partial charge in [-0.2, -0.15) is 5.10 Å². The Labute approximate surface area is 120 Å². The summed E-state index contributed by atoms with van der Waals surface area (Å²) in [5.41, 5.74) is 2.88. The lowest BCUT2D eigenvalue weighted by atomic mass is 10.0. The molecule has 1 saturated heterocycles. The predicted molar refractivity (Wildman–Crippen MR) is 77.3 cm³/mol. The third-order valence-electron chi connectivity index (χ3n) is 4.23. The van der Waals surface area contributed by atoms with E-state index in [1.807, 2.05) is 4.90 Å². The molecule has 0 aromatic rings. The van der Waals surface area contributed by atoms with Gasteiger partial charge in [0, 0.05) is 32.0 Å². The third kappa shape index (κ3) is 3.36. The number of rotatable bonds is 4. The van der Waals surface area contributed by atoms with Gasteiger partial charge >= 0.3 is 0 Å². The lowest BCUT2D eigenvalue weighted by molar-refractivity contribution is -0.126. The Hall–Kier alpha value is -1.43. The summed E-state index contributed by atoms with van der Waals surface area (Å²) in [6.07, 6.45) is 2.86. The van der Waals surface area contributed by atoms with Gasteiger partial charge in [-0.3, -0.25) is 9.59 Å². The molecule has 0 unspecified atom stereocenters. The van der Waals surface area contributed by atoms with E-state index >= 15 is 0 Å². The summed E-state index contributed by atoms with van der Waals surface area (Å²) in [7, 11) is 0. The number of hydrogen-bond acceptors (Lipinski definition) is 4. The Bertz CT molecular complexity index is 396. The summed E-state index contributed by atoms with van der Waals surface area (Å²) < 4.78 is 0. The molecule has 2 rings (SSSR count). The van der Waals surface area contributed by atoms with Crippen molar-refractivity contribution in [2.75, 3.05) is 26.2 Å². The molecule has 2 aliphatic rings. The number of hydrogen-bond donors (Lipinski definition) is 1. The van der Waals surface area contributed by atoms with Gasteiger partial charge in [0.2, 0.25) is 5.91 Å². The monoisotopic (exact) mass is 280 g/mol. The van der Waals surface area contributed by atoms with Crippen LogP contribution in [0.2, 0.25) is 0 Å². The fourth-order valence-electron chi connectivity index (χ4n) is 2.98. The molecule has 6 nitrogen and oxygen atoms in total. The van der Waals surface area contributed by atoms with Crippen LogP contribution in [0.4, 0.5) is 0 Å². The molecule has 0 atom stereocenters. The van der Waals surface area contributed by atoms with Crippen molar-refractivity contribution in [3.8, 4) is 0 Å². The summed E-state index contributed by atoms with van der Waals surface area (Å²) >= 11 is 0. The molecule has 1 N–H and O–H groups in total. The third-order valence-corrected chi connectivity index (χ3v) is 4.23. The molecule has 20 heavy (non-hydrogen) atoms. The van der Waals surface area contributed by atoms with Crippen LogP contribution in [0.25, 0.3) is 0 Å². The van der Waals surface area contributed by atoms with Crippen LogP contribution in [0.5, 0.6) is 0 Å². The van der Waals surface area contributed by atoms with Crippen LogP contribution >= 0.6 is 0 Å². The number of nitrogens with zero attached hydrogens (tertiary/aromatic N) is 3. The van der Waals surface area contributed by atoms with E-state index < -0.39 is 0 Å². The van der Waals surface area contributed by atoms with Crippen LogP contribution < -0.4 is 5.43 Å². The zero-order valence-electron chi connectivity index (χ0n) is 12.4. The number of carbonyl (C=O) groups excluding carboxylic acids is 2. The fraction of sp³-hybridized carbons (Fsp3) is 0.786. The maximum Gasteiger partial charge on any atom is 0.270 e. The average Bonchev–Trinajstić information content (AvgIpc) is 2.49. The smallest absolute Gasteiger partial charge is 0.270 e. The summed E-state index contributed by atoms with van der Waals surface area (Å²) in [5.74, 6) is -0.121. The predicted octanol–water partition coefficient (Wildman–Crippen LogP) is 0.585. The van der Waals surface area contributed by atoms with E-state index in [-0.39, 0.29) is 11.8 Å². The van der Waals surface area contributed by atoms with Gasteiger partial charge in [-0.15, -0.1) is 0 Å². The summed E-state index contributed by atoms with van der Waals surface area (Å²) in [4.78, 5) is 27.7. The molecule has 112 valence electrons. The van der Waals surface area contributed by atoms with Crippen molar-refractivity contribution in [1.29, 1.82) is 0 Å². The molecule has 0 spiro atoms. The molecule has 0 aromatic carbocycles. The number of hydrazone groups is 1. The maximum absolute atomic E-state index is 12.3. The van der Waals surface area contributed by atoms with Gasteiger partial charge in [0.05, 0.1) is 0 Å². The van der Waals surface area contributed by atoms with Crippen LogP contribution in [-0.4, -0.2) is 59.5 Å². The highest BCUT2D eigenvalue weighted by Gasteiger charge is 2.28. The van der Waals surface area contributed by atoms with Crippen molar-refractivity contribution in [3.05, 3.63) is 0 Å². The second-order valence-corrected chi connectivity index (χ2v) is 5.34. The van der Waals surface area contributed by atoms with Crippen LogP contribution in [0.15, 0.2) is 5.10 Å². The van der Waals surface area contributed by atoms with Gasteiger partial charge < -0.3 is 9.80 Å². The minimum atomic E-state index is -0.109. The van der Waals surface area contributed by atoms with Crippen molar-refractivity contribution in [2.24, 2.45) is 5.10 Å². The molecule has 0 aliphatic carbocycles. The normalized spacial score (nSPS) is 20.9. The lowest BCUT2D eigenvalue weighted by Gasteiger charge is -2.37. The number of amides is 2. The van der Waals surface area contributed by atoms with Crippen LogP contribution in [-0.2, 0) is 9.59 Å². The van der Waals surface area contributed by atoms with Gasteiger partial charge in [0.15, 0.2) is 0 Å². The molecule has 0 bridgehead atoms. The molecule has 2 heterocycles. The van der Waals surface area contributed by atoms with Crippen LogP contribution in [0.3, 0.4) is 0 Å². The molecule has 1 fully saturated rings. The Morgan fingerprint density at radius 1 is 1.30 bits per heavy atom. The minimum absolute atomic E-state index is 0.0111. The van der Waals surface area contributed by atoms with Gasteiger partial charge in [0.25, 0.3) is 5.91 Å². The Morgan fingerprint density at radius 2 is 1.95 bits per heavy atom. The minimum Gasteiger partial charge on any atom is -0.337 e. The van der Waals surface area contributed by atoms with E-state index in [9.17, 15) is 9.59 Å². The first-order valence-corrected chi connectivity index (χ1v) is 7.54. The second-order valence-electron chi connectivity index (χ2n) is 5.34. The first-order valence-electron chi connectivity index (χ1n) is 7.54. The Kier molecular flexibility index (Phi) is 5.11. The molecule has 2 aliphatic heterocycles. The van der Waals surface area contributed by atoms with Gasteiger partial charge in [0.1, 0.15) is 5.71 Å². The van der Waals surface area contributed by atoms with E-state index in [4.69, 9.17) is 0 Å². The van der Waals surface area contributed by atoms with Crippen molar-refractivity contribution in [1.82, 2.24) is 15.2 Å². The molecule has 6 heteroatoms. The summed E-state index contributed by atoms with van der Waals surface area (Å²) in [6.45, 7) is 8.06. The maximum atomic E-state index is 12.3. The quantitative estimate of drug-likeness (QED) is 0.819. The zero-order valence-corrected chi connectivity index (χ0v) is 12.4. The summed E-state index contributed by atoms with van der Waals surface area (Å²) in [6, 6.07) is 0.585. The summed E-state index contributed by atoms with van der Waals surface area (Å²) in [5, 5.41) is 3.89. The number of likely N-dealkylation sites (tertiary alicyclic amines) is 1. The lowest BCUT2D eigenvalue weighted by Crippen LogP contribution is -2.49. The van der Waals surface area contributed by atoms with E-state index in [0.717, 1.165) is 39.0 Å². The molecule has 0 radical (unpaired) electrons. The highest BCUT2D eigenvalue weighted by Crippen LogP contribution is 2.17. The van der Waals surface area contributed by atoms with E-state index in [2.05, 4.69) is 29.3 Å². The SMILES string of the molecule is CCN(CC)C1CCN(C(=O)C2=NNC(=O)CC2)CC1. The largest absolute Gasteiger partial charge is 0.337 e. The number of piperidine rings is 1. The fourth-order valence-corrected chi connectivity index (χ4v) is 2.98. The number of nitrogens with one attached hydrogen (secondary N) is 1. The van der Waals surface area contributed by atoms with Gasteiger partial charge in [-0.1, -0.05) is 13.8 Å². The highest BCUT2D eigenvalue weighted by molar-refractivity contribution is 6.39. The van der Waals surface area contributed by atoms with Crippen molar-refractivity contribution < 1.29 is 9.59 Å². The van der Waals surface area contributed by atoms with Crippen LogP contribution in [0.1, 0.15) is 39.5 Å². The average molecular weight is 280 g/mol. The topological polar surface area (TPSA) is 65.0 Å².